The van der Waals surface area contributed by atoms with Gasteiger partial charge in [-0.05, 0) is 12.8 Å². The quantitative estimate of drug-likeness (QED) is 0.803. The third-order valence-electron chi connectivity index (χ3n) is 3.35. The average molecular weight is 249 g/mol. The highest BCUT2D eigenvalue weighted by molar-refractivity contribution is 5.85. The molecule has 2 fully saturated rings. The summed E-state index contributed by atoms with van der Waals surface area (Å²) < 4.78 is 5.75. The molecule has 1 unspecified atom stereocenters. The van der Waals surface area contributed by atoms with E-state index in [1.807, 2.05) is 0 Å². The Morgan fingerprint density at radius 3 is 2.75 bits per heavy atom. The van der Waals surface area contributed by atoms with E-state index in [0.717, 1.165) is 32.7 Å². The Balaban J connectivity index is 0.00000128. The number of nitrogens with zero attached hydrogens (tertiary/aromatic N) is 1. The number of amides is 1. The molecule has 0 bridgehead atoms. The molecule has 2 rings (SSSR count). The summed E-state index contributed by atoms with van der Waals surface area (Å²) in [6.45, 7) is 3.53. The SMILES string of the molecule is Cl.NC(=O)C1CN(CC2CCCCCO2)C1. The van der Waals surface area contributed by atoms with Crippen molar-refractivity contribution in [3.63, 3.8) is 0 Å². The Bertz CT molecular complexity index is 224. The maximum atomic E-state index is 10.8. The first-order valence-corrected chi connectivity index (χ1v) is 5.89. The summed E-state index contributed by atoms with van der Waals surface area (Å²) in [6, 6.07) is 0. The number of primary amides is 1. The smallest absolute Gasteiger partial charge is 0.223 e. The van der Waals surface area contributed by atoms with Gasteiger partial charge in [-0.2, -0.15) is 0 Å². The second-order valence-corrected chi connectivity index (χ2v) is 4.66. The first kappa shape index (κ1) is 13.7. The first-order valence-electron chi connectivity index (χ1n) is 5.89. The van der Waals surface area contributed by atoms with Crippen molar-refractivity contribution in [2.45, 2.75) is 31.8 Å². The molecular weight excluding hydrogens is 228 g/mol. The van der Waals surface area contributed by atoms with E-state index in [4.69, 9.17) is 10.5 Å². The van der Waals surface area contributed by atoms with Crippen molar-refractivity contribution in [3.05, 3.63) is 0 Å². The molecule has 0 radical (unpaired) electrons. The van der Waals surface area contributed by atoms with Crippen LogP contribution in [0.2, 0.25) is 0 Å². The second-order valence-electron chi connectivity index (χ2n) is 4.66. The molecule has 0 saturated carbocycles. The van der Waals surface area contributed by atoms with Crippen molar-refractivity contribution in [3.8, 4) is 0 Å². The maximum Gasteiger partial charge on any atom is 0.223 e. The standard InChI is InChI=1S/C11H20N2O2.ClH/c12-11(14)9-6-13(7-9)8-10-4-2-1-3-5-15-10;/h9-10H,1-8H2,(H2,12,14);1H. The summed E-state index contributed by atoms with van der Waals surface area (Å²) in [4.78, 5) is 13.1. The monoisotopic (exact) mass is 248 g/mol. The molecule has 1 amide bonds. The van der Waals surface area contributed by atoms with E-state index in [-0.39, 0.29) is 24.2 Å². The van der Waals surface area contributed by atoms with Crippen LogP contribution in [0.5, 0.6) is 0 Å². The minimum Gasteiger partial charge on any atom is -0.377 e. The molecule has 0 spiro atoms. The molecule has 0 aromatic carbocycles. The number of rotatable bonds is 3. The molecule has 0 aliphatic carbocycles. The largest absolute Gasteiger partial charge is 0.377 e. The highest BCUT2D eigenvalue weighted by Crippen LogP contribution is 2.19. The van der Waals surface area contributed by atoms with Crippen LogP contribution in [0.1, 0.15) is 25.7 Å². The maximum absolute atomic E-state index is 10.8. The van der Waals surface area contributed by atoms with E-state index in [9.17, 15) is 4.79 Å². The van der Waals surface area contributed by atoms with Gasteiger partial charge in [0.2, 0.25) is 5.91 Å². The lowest BCUT2D eigenvalue weighted by atomic mass is 9.98. The van der Waals surface area contributed by atoms with Crippen molar-refractivity contribution >= 4 is 18.3 Å². The number of halogens is 1. The number of carbonyl (C=O) groups excluding carboxylic acids is 1. The van der Waals surface area contributed by atoms with Gasteiger partial charge in [-0.3, -0.25) is 9.69 Å². The summed E-state index contributed by atoms with van der Waals surface area (Å²) in [7, 11) is 0. The lowest BCUT2D eigenvalue weighted by Crippen LogP contribution is -2.54. The molecule has 16 heavy (non-hydrogen) atoms. The fraction of sp³-hybridized carbons (Fsp3) is 0.909. The van der Waals surface area contributed by atoms with Crippen LogP contribution in [0.15, 0.2) is 0 Å². The van der Waals surface area contributed by atoms with Gasteiger partial charge in [0.15, 0.2) is 0 Å². The molecule has 94 valence electrons. The highest BCUT2D eigenvalue weighted by Gasteiger charge is 2.32. The Morgan fingerprint density at radius 1 is 1.31 bits per heavy atom. The number of ether oxygens (including phenoxy) is 1. The molecule has 2 N–H and O–H groups in total. The van der Waals surface area contributed by atoms with Gasteiger partial charge in [0.05, 0.1) is 12.0 Å². The zero-order valence-corrected chi connectivity index (χ0v) is 10.4. The van der Waals surface area contributed by atoms with Gasteiger partial charge in [-0.1, -0.05) is 12.8 Å². The Labute approximate surface area is 103 Å². The van der Waals surface area contributed by atoms with Gasteiger partial charge in [0, 0.05) is 26.2 Å². The number of hydrogen-bond donors (Lipinski definition) is 1. The van der Waals surface area contributed by atoms with E-state index in [1.165, 1.54) is 19.3 Å². The van der Waals surface area contributed by atoms with Crippen molar-refractivity contribution in [2.75, 3.05) is 26.2 Å². The topological polar surface area (TPSA) is 55.6 Å². The number of hydrogen-bond acceptors (Lipinski definition) is 3. The van der Waals surface area contributed by atoms with Crippen LogP contribution in [0.3, 0.4) is 0 Å². The Morgan fingerprint density at radius 2 is 2.06 bits per heavy atom. The summed E-state index contributed by atoms with van der Waals surface area (Å²) in [5, 5.41) is 0. The molecular formula is C11H21ClN2O2. The molecule has 2 aliphatic heterocycles. The second kappa shape index (κ2) is 6.42. The summed E-state index contributed by atoms with van der Waals surface area (Å²) in [6.07, 6.45) is 5.30. The molecule has 1 atom stereocenters. The van der Waals surface area contributed by atoms with E-state index in [0.29, 0.717) is 6.10 Å². The Kier molecular flexibility index (Phi) is 5.52. The van der Waals surface area contributed by atoms with Gasteiger partial charge in [-0.15, -0.1) is 12.4 Å². The van der Waals surface area contributed by atoms with Gasteiger partial charge < -0.3 is 10.5 Å². The first-order chi connectivity index (χ1) is 7.25. The van der Waals surface area contributed by atoms with Crippen LogP contribution in [-0.4, -0.2) is 43.2 Å². The van der Waals surface area contributed by atoms with Crippen molar-refractivity contribution < 1.29 is 9.53 Å². The molecule has 2 aliphatic rings. The Hall–Kier alpha value is -0.320. The normalized spacial score (nSPS) is 27.6. The van der Waals surface area contributed by atoms with Crippen LogP contribution in [-0.2, 0) is 9.53 Å². The summed E-state index contributed by atoms with van der Waals surface area (Å²) in [5.41, 5.74) is 5.22. The van der Waals surface area contributed by atoms with E-state index >= 15 is 0 Å². The number of nitrogens with two attached hydrogens (primary N) is 1. The van der Waals surface area contributed by atoms with Gasteiger partial charge in [-0.25, -0.2) is 0 Å². The third-order valence-corrected chi connectivity index (χ3v) is 3.35. The van der Waals surface area contributed by atoms with Gasteiger partial charge in [0.1, 0.15) is 0 Å². The lowest BCUT2D eigenvalue weighted by molar-refractivity contribution is -0.127. The predicted molar refractivity (Wildman–Crippen MR) is 64.6 cm³/mol. The van der Waals surface area contributed by atoms with Crippen molar-refractivity contribution in [1.82, 2.24) is 4.90 Å². The zero-order chi connectivity index (χ0) is 10.7. The third kappa shape index (κ3) is 3.61. The van der Waals surface area contributed by atoms with Crippen molar-refractivity contribution in [1.29, 1.82) is 0 Å². The van der Waals surface area contributed by atoms with Gasteiger partial charge >= 0.3 is 0 Å². The molecule has 5 heteroatoms. The fourth-order valence-electron chi connectivity index (χ4n) is 2.32. The fourth-order valence-corrected chi connectivity index (χ4v) is 2.32. The molecule has 2 heterocycles. The average Bonchev–Trinajstić information content (AvgIpc) is 2.37. The van der Waals surface area contributed by atoms with Crippen LogP contribution >= 0.6 is 12.4 Å². The lowest BCUT2D eigenvalue weighted by Gasteiger charge is -2.39. The molecule has 0 aromatic heterocycles. The van der Waals surface area contributed by atoms with Gasteiger partial charge in [0.25, 0.3) is 0 Å². The number of carbonyl (C=O) groups is 1. The minimum absolute atomic E-state index is 0. The molecule has 0 aromatic rings. The van der Waals surface area contributed by atoms with E-state index in [2.05, 4.69) is 4.90 Å². The number of likely N-dealkylation sites (tertiary alicyclic amines) is 1. The van der Waals surface area contributed by atoms with Crippen LogP contribution in [0, 0.1) is 5.92 Å². The van der Waals surface area contributed by atoms with E-state index < -0.39 is 0 Å². The molecule has 4 nitrogen and oxygen atoms in total. The van der Waals surface area contributed by atoms with Crippen LogP contribution in [0.25, 0.3) is 0 Å². The van der Waals surface area contributed by atoms with Crippen LogP contribution in [0.4, 0.5) is 0 Å². The summed E-state index contributed by atoms with van der Waals surface area (Å²) >= 11 is 0. The van der Waals surface area contributed by atoms with Crippen molar-refractivity contribution in [2.24, 2.45) is 11.7 Å². The minimum atomic E-state index is -0.159. The van der Waals surface area contributed by atoms with E-state index in [1.54, 1.807) is 0 Å². The zero-order valence-electron chi connectivity index (χ0n) is 9.56. The predicted octanol–water partition coefficient (Wildman–Crippen LogP) is 0.784. The van der Waals surface area contributed by atoms with Crippen LogP contribution < -0.4 is 5.73 Å². The summed E-state index contributed by atoms with van der Waals surface area (Å²) in [5.74, 6) is -0.0798. The molecule has 2 saturated heterocycles. The highest BCUT2D eigenvalue weighted by atomic mass is 35.5.